The number of fused-ring (bicyclic) bond motifs is 1. The fourth-order valence-corrected chi connectivity index (χ4v) is 5.40. The molecule has 0 bridgehead atoms. The zero-order valence-electron chi connectivity index (χ0n) is 18.2. The van der Waals surface area contributed by atoms with Crippen LogP contribution in [-0.4, -0.2) is 30.1 Å². The number of halogens is 1. The van der Waals surface area contributed by atoms with Crippen LogP contribution in [0.2, 0.25) is 5.02 Å². The first-order chi connectivity index (χ1) is 16.1. The number of aromatic nitrogens is 1. The van der Waals surface area contributed by atoms with Crippen LogP contribution in [0.5, 0.6) is 11.5 Å². The van der Waals surface area contributed by atoms with Crippen molar-refractivity contribution in [3.05, 3.63) is 82.9 Å². The van der Waals surface area contributed by atoms with Gasteiger partial charge in [-0.1, -0.05) is 47.2 Å². The van der Waals surface area contributed by atoms with E-state index in [2.05, 4.69) is 0 Å². The third-order valence-corrected chi connectivity index (χ3v) is 6.83. The van der Waals surface area contributed by atoms with Crippen LogP contribution in [0.4, 0.5) is 5.13 Å². The molecule has 0 saturated carbocycles. The van der Waals surface area contributed by atoms with Crippen molar-refractivity contribution in [2.24, 2.45) is 0 Å². The van der Waals surface area contributed by atoms with Gasteiger partial charge in [0.05, 0.1) is 22.9 Å². The first kappa shape index (κ1) is 21.9. The lowest BCUT2D eigenvalue weighted by Crippen LogP contribution is -2.37. The molecule has 1 aromatic heterocycles. The zero-order valence-corrected chi connectivity index (χ0v) is 19.7. The minimum absolute atomic E-state index is 0.00519. The van der Waals surface area contributed by atoms with Crippen molar-refractivity contribution >= 4 is 44.2 Å². The number of carbonyl (C=O) groups is 1. The molecule has 1 amide bonds. The van der Waals surface area contributed by atoms with E-state index >= 15 is 0 Å². The SMILES string of the molecule is Cc1cc(Cl)cc2sc(N(CC3CCCO3)C(=O)c3cccc(Oc4ccccc4)c3)nc12. The minimum atomic E-state index is -0.133. The number of ether oxygens (including phenoxy) is 2. The summed E-state index contributed by atoms with van der Waals surface area (Å²) in [5.41, 5.74) is 2.39. The highest BCUT2D eigenvalue weighted by atomic mass is 35.5. The number of thiazole rings is 1. The van der Waals surface area contributed by atoms with Crippen LogP contribution in [0.1, 0.15) is 28.8 Å². The Morgan fingerprint density at radius 1 is 1.15 bits per heavy atom. The Kier molecular flexibility index (Phi) is 6.31. The summed E-state index contributed by atoms with van der Waals surface area (Å²) in [6.07, 6.45) is 1.92. The van der Waals surface area contributed by atoms with E-state index < -0.39 is 0 Å². The van der Waals surface area contributed by atoms with Crippen molar-refractivity contribution in [1.29, 1.82) is 0 Å². The maximum absolute atomic E-state index is 13.7. The second-order valence-corrected chi connectivity index (χ2v) is 9.51. The van der Waals surface area contributed by atoms with Crippen molar-refractivity contribution in [3.8, 4) is 11.5 Å². The second kappa shape index (κ2) is 9.51. The highest BCUT2D eigenvalue weighted by Crippen LogP contribution is 2.34. The number of benzene rings is 3. The predicted molar refractivity (Wildman–Crippen MR) is 133 cm³/mol. The molecule has 168 valence electrons. The highest BCUT2D eigenvalue weighted by molar-refractivity contribution is 7.22. The van der Waals surface area contributed by atoms with Crippen molar-refractivity contribution < 1.29 is 14.3 Å². The Balaban J connectivity index is 1.48. The maximum Gasteiger partial charge on any atom is 0.260 e. The average molecular weight is 479 g/mol. The molecular weight excluding hydrogens is 456 g/mol. The van der Waals surface area contributed by atoms with Crippen LogP contribution in [0.15, 0.2) is 66.7 Å². The standard InChI is InChI=1S/C26H23ClN2O3S/c1-17-13-19(27)15-23-24(17)28-26(33-23)29(16-22-11-6-12-31-22)25(30)18-7-5-10-21(14-18)32-20-8-3-2-4-9-20/h2-5,7-10,13-15,22H,6,11-12,16H2,1H3. The number of anilines is 1. The summed E-state index contributed by atoms with van der Waals surface area (Å²) in [6.45, 7) is 3.16. The third-order valence-electron chi connectivity index (χ3n) is 5.59. The van der Waals surface area contributed by atoms with E-state index in [1.165, 1.54) is 11.3 Å². The molecule has 0 aliphatic carbocycles. The molecule has 0 radical (unpaired) electrons. The molecule has 1 unspecified atom stereocenters. The molecule has 1 aliphatic rings. The van der Waals surface area contributed by atoms with E-state index in [9.17, 15) is 4.79 Å². The number of aryl methyl sites for hydroxylation is 1. The second-order valence-electron chi connectivity index (χ2n) is 8.06. The summed E-state index contributed by atoms with van der Waals surface area (Å²) in [7, 11) is 0. The number of rotatable bonds is 6. The molecule has 4 aromatic rings. The van der Waals surface area contributed by atoms with Gasteiger partial charge in [-0.25, -0.2) is 4.98 Å². The Hall–Kier alpha value is -2.93. The molecule has 7 heteroatoms. The summed E-state index contributed by atoms with van der Waals surface area (Å²) in [4.78, 5) is 20.3. The molecule has 1 saturated heterocycles. The van der Waals surface area contributed by atoms with E-state index in [-0.39, 0.29) is 12.0 Å². The number of amides is 1. The van der Waals surface area contributed by atoms with Crippen LogP contribution in [-0.2, 0) is 4.74 Å². The summed E-state index contributed by atoms with van der Waals surface area (Å²) < 4.78 is 12.7. The van der Waals surface area contributed by atoms with Crippen LogP contribution in [0, 0.1) is 6.92 Å². The Bertz CT molecular complexity index is 1290. The molecule has 5 rings (SSSR count). The van der Waals surface area contributed by atoms with Gasteiger partial charge in [0.1, 0.15) is 11.5 Å². The topological polar surface area (TPSA) is 51.7 Å². The Morgan fingerprint density at radius 2 is 1.97 bits per heavy atom. The Morgan fingerprint density at radius 3 is 2.76 bits per heavy atom. The summed E-state index contributed by atoms with van der Waals surface area (Å²) in [5, 5.41) is 1.31. The summed E-state index contributed by atoms with van der Waals surface area (Å²) in [6, 6.07) is 20.6. The smallest absolute Gasteiger partial charge is 0.260 e. The fourth-order valence-electron chi connectivity index (χ4n) is 3.97. The maximum atomic E-state index is 13.7. The van der Waals surface area contributed by atoms with Gasteiger partial charge in [0.2, 0.25) is 0 Å². The van der Waals surface area contributed by atoms with Gasteiger partial charge in [0, 0.05) is 17.2 Å². The summed E-state index contributed by atoms with van der Waals surface area (Å²) >= 11 is 7.73. The van der Waals surface area contributed by atoms with Gasteiger partial charge in [0.25, 0.3) is 5.91 Å². The van der Waals surface area contributed by atoms with Gasteiger partial charge in [-0.2, -0.15) is 0 Å². The number of para-hydroxylation sites is 1. The Labute approximate surface area is 201 Å². The fraction of sp³-hybridized carbons (Fsp3) is 0.231. The zero-order chi connectivity index (χ0) is 22.8. The van der Waals surface area contributed by atoms with Crippen LogP contribution >= 0.6 is 22.9 Å². The lowest BCUT2D eigenvalue weighted by Gasteiger charge is -2.23. The number of carbonyl (C=O) groups excluding carboxylic acids is 1. The molecule has 1 fully saturated rings. The monoisotopic (exact) mass is 478 g/mol. The van der Waals surface area contributed by atoms with Crippen LogP contribution in [0.25, 0.3) is 10.2 Å². The lowest BCUT2D eigenvalue weighted by molar-refractivity contribution is 0.0917. The van der Waals surface area contributed by atoms with E-state index in [1.54, 1.807) is 17.0 Å². The molecule has 3 aromatic carbocycles. The molecule has 33 heavy (non-hydrogen) atoms. The minimum Gasteiger partial charge on any atom is -0.457 e. The van der Waals surface area contributed by atoms with Gasteiger partial charge < -0.3 is 9.47 Å². The molecule has 0 spiro atoms. The van der Waals surface area contributed by atoms with E-state index in [0.29, 0.717) is 28.0 Å². The molecule has 1 atom stereocenters. The van der Waals surface area contributed by atoms with Crippen molar-refractivity contribution in [3.63, 3.8) is 0 Å². The summed E-state index contributed by atoms with van der Waals surface area (Å²) in [5.74, 6) is 1.19. The largest absolute Gasteiger partial charge is 0.457 e. The lowest BCUT2D eigenvalue weighted by atomic mass is 10.1. The quantitative estimate of drug-likeness (QED) is 0.303. The highest BCUT2D eigenvalue weighted by Gasteiger charge is 2.27. The van der Waals surface area contributed by atoms with E-state index in [0.717, 1.165) is 41.0 Å². The average Bonchev–Trinajstić information content (AvgIpc) is 3.48. The first-order valence-electron chi connectivity index (χ1n) is 10.9. The van der Waals surface area contributed by atoms with Gasteiger partial charge in [0.15, 0.2) is 5.13 Å². The van der Waals surface area contributed by atoms with Crippen molar-refractivity contribution in [2.45, 2.75) is 25.9 Å². The molecule has 0 N–H and O–H groups in total. The van der Waals surface area contributed by atoms with Gasteiger partial charge in [-0.3, -0.25) is 9.69 Å². The van der Waals surface area contributed by atoms with Crippen LogP contribution < -0.4 is 9.64 Å². The van der Waals surface area contributed by atoms with E-state index in [1.807, 2.05) is 61.5 Å². The predicted octanol–water partition coefficient (Wildman–Crippen LogP) is 6.88. The van der Waals surface area contributed by atoms with Gasteiger partial charge >= 0.3 is 0 Å². The van der Waals surface area contributed by atoms with E-state index in [4.69, 9.17) is 26.1 Å². The van der Waals surface area contributed by atoms with Gasteiger partial charge in [-0.05, 0) is 67.8 Å². The number of hydrogen-bond donors (Lipinski definition) is 0. The number of hydrogen-bond acceptors (Lipinski definition) is 5. The first-order valence-corrected chi connectivity index (χ1v) is 12.1. The molecule has 1 aliphatic heterocycles. The van der Waals surface area contributed by atoms with Crippen molar-refractivity contribution in [1.82, 2.24) is 4.98 Å². The van der Waals surface area contributed by atoms with Crippen LogP contribution in [0.3, 0.4) is 0 Å². The number of nitrogens with zero attached hydrogens (tertiary/aromatic N) is 2. The molecular formula is C26H23ClN2O3S. The molecule has 5 nitrogen and oxygen atoms in total. The molecule has 2 heterocycles. The van der Waals surface area contributed by atoms with Gasteiger partial charge in [-0.15, -0.1) is 0 Å². The third kappa shape index (κ3) is 4.88. The van der Waals surface area contributed by atoms with Crippen molar-refractivity contribution in [2.75, 3.05) is 18.1 Å². The normalized spacial score (nSPS) is 15.6.